The molecule has 4 aromatic rings. The number of aromatic nitrogens is 3. The molecule has 0 radical (unpaired) electrons. The molecule has 1 aromatic heterocycles. The average molecular weight is 528 g/mol. The van der Waals surface area contributed by atoms with Crippen LogP contribution in [0.3, 0.4) is 0 Å². The zero-order valence-corrected chi connectivity index (χ0v) is 20.6. The fourth-order valence-corrected chi connectivity index (χ4v) is 5.61. The highest BCUT2D eigenvalue weighted by Gasteiger charge is 2.30. The van der Waals surface area contributed by atoms with Crippen molar-refractivity contribution >= 4 is 46.5 Å². The largest absolute Gasteiger partial charge is 0.416 e. The Kier molecular flexibility index (Phi) is 6.67. The van der Waals surface area contributed by atoms with Gasteiger partial charge in [-0.1, -0.05) is 53.9 Å². The van der Waals surface area contributed by atoms with Gasteiger partial charge in [-0.3, -0.25) is 9.69 Å². The van der Waals surface area contributed by atoms with Crippen molar-refractivity contribution < 1.29 is 18.0 Å². The Balaban J connectivity index is 1.27. The fourth-order valence-electron chi connectivity index (χ4n) is 3.78. The summed E-state index contributed by atoms with van der Waals surface area (Å²) in [5.41, 5.74) is 1.29. The van der Waals surface area contributed by atoms with Gasteiger partial charge in [-0.2, -0.15) is 13.2 Å². The molecule has 0 bridgehead atoms. The van der Waals surface area contributed by atoms with Gasteiger partial charge in [-0.15, -0.1) is 10.2 Å². The van der Waals surface area contributed by atoms with Crippen molar-refractivity contribution in [3.05, 3.63) is 84.2 Å². The highest BCUT2D eigenvalue weighted by atomic mass is 32.2. The minimum atomic E-state index is -4.41. The summed E-state index contributed by atoms with van der Waals surface area (Å²) >= 11 is 2.89. The van der Waals surface area contributed by atoms with Crippen LogP contribution in [0.25, 0.3) is 0 Å². The molecule has 1 amide bonds. The summed E-state index contributed by atoms with van der Waals surface area (Å²) < 4.78 is 40.6. The van der Waals surface area contributed by atoms with E-state index in [1.165, 1.54) is 17.8 Å². The molecule has 1 aliphatic heterocycles. The topological polar surface area (TPSA) is 63.1 Å². The highest BCUT2D eigenvalue weighted by Crippen LogP contribution is 2.48. The molecule has 36 heavy (non-hydrogen) atoms. The molecule has 2 heterocycles. The monoisotopic (exact) mass is 527 g/mol. The van der Waals surface area contributed by atoms with Gasteiger partial charge in [-0.25, -0.2) is 0 Å². The highest BCUT2D eigenvalue weighted by molar-refractivity contribution is 8.00. The van der Waals surface area contributed by atoms with Gasteiger partial charge in [0.05, 0.1) is 29.2 Å². The number of nitrogens with zero attached hydrogens (tertiary/aromatic N) is 4. The lowest BCUT2D eigenvalue weighted by molar-refractivity contribution is -0.137. The maximum atomic E-state index is 13.4. The van der Waals surface area contributed by atoms with Gasteiger partial charge >= 0.3 is 6.18 Å². The van der Waals surface area contributed by atoms with Crippen LogP contribution in [0.2, 0.25) is 0 Å². The van der Waals surface area contributed by atoms with E-state index in [0.29, 0.717) is 16.7 Å². The summed E-state index contributed by atoms with van der Waals surface area (Å²) in [6.07, 6.45) is -4.41. The number of carbonyl (C=O) groups excluding carboxylic acids is 1. The van der Waals surface area contributed by atoms with E-state index >= 15 is 0 Å². The number of halogens is 3. The van der Waals surface area contributed by atoms with E-state index in [1.54, 1.807) is 34.3 Å². The van der Waals surface area contributed by atoms with Crippen molar-refractivity contribution in [1.29, 1.82) is 0 Å². The lowest BCUT2D eigenvalue weighted by Crippen LogP contribution is -2.30. The number of alkyl halides is 3. The van der Waals surface area contributed by atoms with Crippen LogP contribution in [0.4, 0.5) is 30.2 Å². The number of rotatable bonds is 6. The van der Waals surface area contributed by atoms with Crippen LogP contribution in [0, 0.1) is 0 Å². The Bertz CT molecular complexity index is 1380. The molecule has 0 saturated heterocycles. The quantitative estimate of drug-likeness (QED) is 0.294. The number of nitrogens with one attached hydrogen (secondary N) is 1. The first-order chi connectivity index (χ1) is 17.3. The van der Waals surface area contributed by atoms with Crippen LogP contribution in [0.1, 0.15) is 11.4 Å². The van der Waals surface area contributed by atoms with E-state index in [0.717, 1.165) is 33.3 Å². The third kappa shape index (κ3) is 4.93. The predicted octanol–water partition coefficient (Wildman–Crippen LogP) is 6.37. The first kappa shape index (κ1) is 24.3. The number of anilines is 3. The zero-order valence-electron chi connectivity index (χ0n) is 19.0. The second-order valence-electron chi connectivity index (χ2n) is 7.95. The summed E-state index contributed by atoms with van der Waals surface area (Å²) in [5, 5.41) is 11.8. The molecule has 0 aliphatic carbocycles. The number of thioether (sulfide) groups is 1. The molecule has 0 fully saturated rings. The summed E-state index contributed by atoms with van der Waals surface area (Å²) in [5.74, 6) is 0.583. The van der Waals surface area contributed by atoms with E-state index < -0.39 is 11.7 Å². The number of benzene rings is 3. The Morgan fingerprint density at radius 2 is 1.64 bits per heavy atom. The molecule has 6 nitrogen and oxygen atoms in total. The molecule has 1 aliphatic rings. The van der Waals surface area contributed by atoms with Crippen molar-refractivity contribution in [2.45, 2.75) is 27.7 Å². The van der Waals surface area contributed by atoms with Gasteiger partial charge in [0.25, 0.3) is 0 Å². The zero-order chi connectivity index (χ0) is 25.3. The Labute approximate surface area is 213 Å². The van der Waals surface area contributed by atoms with Gasteiger partial charge in [0.2, 0.25) is 5.91 Å². The van der Waals surface area contributed by atoms with Crippen LogP contribution < -0.4 is 10.2 Å². The van der Waals surface area contributed by atoms with Crippen LogP contribution in [-0.4, -0.2) is 26.4 Å². The van der Waals surface area contributed by atoms with Gasteiger partial charge in [0.15, 0.2) is 11.0 Å². The van der Waals surface area contributed by atoms with Gasteiger partial charge < -0.3 is 9.88 Å². The maximum Gasteiger partial charge on any atom is 0.416 e. The number of hydrogen-bond acceptors (Lipinski definition) is 6. The first-order valence-corrected chi connectivity index (χ1v) is 12.7. The molecular formula is C25H20F3N5OS2. The lowest BCUT2D eigenvalue weighted by Gasteiger charge is -2.30. The fraction of sp³-hybridized carbons (Fsp3) is 0.160. The summed E-state index contributed by atoms with van der Waals surface area (Å²) in [6, 6.07) is 20.6. The predicted molar refractivity (Wildman–Crippen MR) is 135 cm³/mol. The molecule has 0 unspecified atom stereocenters. The minimum Gasteiger partial charge on any atom is -0.378 e. The standard InChI is InChI=1S/C25H20F3N5OS2/c1-32-22(14-29-17-8-6-7-16(13-17)25(26,27)28)30-31-24(32)35-15-23(34)33-18-9-2-4-11-20(18)36-21-12-5-3-10-19(21)33/h2-13,29H,14-15H2,1H3. The van der Waals surface area contributed by atoms with E-state index in [-0.39, 0.29) is 18.2 Å². The lowest BCUT2D eigenvalue weighted by atomic mass is 10.2. The first-order valence-electron chi connectivity index (χ1n) is 10.9. The van der Waals surface area contributed by atoms with Crippen LogP contribution in [-0.2, 0) is 24.6 Å². The molecule has 5 rings (SSSR count). The molecule has 0 atom stereocenters. The number of para-hydroxylation sites is 2. The van der Waals surface area contributed by atoms with Crippen molar-refractivity contribution in [3.63, 3.8) is 0 Å². The summed E-state index contributed by atoms with van der Waals surface area (Å²) in [7, 11) is 1.76. The van der Waals surface area contributed by atoms with Crippen LogP contribution in [0.15, 0.2) is 87.7 Å². The number of fused-ring (bicyclic) bond motifs is 2. The number of amides is 1. The Morgan fingerprint density at radius 1 is 0.972 bits per heavy atom. The van der Waals surface area contributed by atoms with Crippen molar-refractivity contribution in [2.24, 2.45) is 7.05 Å². The van der Waals surface area contributed by atoms with Gasteiger partial charge in [0, 0.05) is 22.5 Å². The van der Waals surface area contributed by atoms with Crippen molar-refractivity contribution in [1.82, 2.24) is 14.8 Å². The Morgan fingerprint density at radius 3 is 2.31 bits per heavy atom. The van der Waals surface area contributed by atoms with E-state index in [2.05, 4.69) is 15.5 Å². The van der Waals surface area contributed by atoms with E-state index in [1.807, 2.05) is 48.5 Å². The summed E-state index contributed by atoms with van der Waals surface area (Å²) in [4.78, 5) is 17.1. The van der Waals surface area contributed by atoms with Crippen LogP contribution in [0.5, 0.6) is 0 Å². The van der Waals surface area contributed by atoms with E-state index in [4.69, 9.17) is 0 Å². The molecule has 0 saturated carbocycles. The van der Waals surface area contributed by atoms with Gasteiger partial charge in [0.1, 0.15) is 0 Å². The van der Waals surface area contributed by atoms with Gasteiger partial charge in [-0.05, 0) is 42.5 Å². The van der Waals surface area contributed by atoms with Crippen molar-refractivity contribution in [2.75, 3.05) is 16.0 Å². The van der Waals surface area contributed by atoms with Crippen LogP contribution >= 0.6 is 23.5 Å². The molecule has 3 aromatic carbocycles. The van der Waals surface area contributed by atoms with E-state index in [9.17, 15) is 18.0 Å². The third-order valence-corrected chi connectivity index (χ3v) is 7.71. The third-order valence-electron chi connectivity index (χ3n) is 5.57. The smallest absolute Gasteiger partial charge is 0.378 e. The average Bonchev–Trinajstić information content (AvgIpc) is 3.23. The molecule has 0 spiro atoms. The molecular weight excluding hydrogens is 507 g/mol. The second-order valence-corrected chi connectivity index (χ2v) is 9.97. The second kappa shape index (κ2) is 9.90. The molecule has 1 N–H and O–H groups in total. The Hall–Kier alpha value is -3.44. The number of hydrogen-bond donors (Lipinski definition) is 1. The number of carbonyl (C=O) groups is 1. The molecule has 184 valence electrons. The summed E-state index contributed by atoms with van der Waals surface area (Å²) in [6.45, 7) is 0.184. The minimum absolute atomic E-state index is 0.0909. The molecule has 11 heteroatoms. The normalized spacial score (nSPS) is 12.7. The SMILES string of the molecule is Cn1c(CNc2cccc(C(F)(F)F)c2)nnc1SCC(=O)N1c2ccccc2Sc2ccccc21. The van der Waals surface area contributed by atoms with Crippen molar-refractivity contribution in [3.8, 4) is 0 Å². The maximum absolute atomic E-state index is 13.4.